The molecule has 0 aromatic rings. The minimum absolute atomic E-state index is 0.479. The maximum atomic E-state index is 5.40. The molecule has 2 aliphatic rings. The van der Waals surface area contributed by atoms with Gasteiger partial charge in [0.05, 0.1) is 6.10 Å². The molecule has 1 saturated heterocycles. The molecule has 1 aliphatic carbocycles. The van der Waals surface area contributed by atoms with Gasteiger partial charge in [-0.3, -0.25) is 4.90 Å². The average Bonchev–Trinajstić information content (AvgIpc) is 2.99. The van der Waals surface area contributed by atoms with Crippen molar-refractivity contribution in [3.63, 3.8) is 0 Å². The van der Waals surface area contributed by atoms with Crippen LogP contribution in [0.5, 0.6) is 0 Å². The summed E-state index contributed by atoms with van der Waals surface area (Å²) in [6.45, 7) is 5.91. The Kier molecular flexibility index (Phi) is 4.62. The SMILES string of the molecule is COC1CCN(C(C)CCCNC2CC2)C1. The molecule has 94 valence electrons. The Morgan fingerprint density at radius 1 is 1.38 bits per heavy atom. The normalized spacial score (nSPS) is 28.5. The first kappa shape index (κ1) is 12.3. The molecule has 0 amide bonds. The van der Waals surface area contributed by atoms with Crippen molar-refractivity contribution < 1.29 is 4.74 Å². The van der Waals surface area contributed by atoms with Gasteiger partial charge in [0.2, 0.25) is 0 Å². The molecule has 0 aromatic carbocycles. The smallest absolute Gasteiger partial charge is 0.0710 e. The summed E-state index contributed by atoms with van der Waals surface area (Å²) in [5.74, 6) is 0. The summed E-state index contributed by atoms with van der Waals surface area (Å²) in [6, 6.07) is 1.58. The molecule has 3 heteroatoms. The van der Waals surface area contributed by atoms with Crippen molar-refractivity contribution in [1.29, 1.82) is 0 Å². The fraction of sp³-hybridized carbons (Fsp3) is 1.00. The highest BCUT2D eigenvalue weighted by Gasteiger charge is 2.25. The quantitative estimate of drug-likeness (QED) is 0.668. The Labute approximate surface area is 99.5 Å². The van der Waals surface area contributed by atoms with Crippen LogP contribution in [0.4, 0.5) is 0 Å². The number of hydrogen-bond donors (Lipinski definition) is 1. The Hall–Kier alpha value is -0.120. The largest absolute Gasteiger partial charge is 0.380 e. The van der Waals surface area contributed by atoms with Crippen LogP contribution in [0.15, 0.2) is 0 Å². The van der Waals surface area contributed by atoms with Gasteiger partial charge in [-0.05, 0) is 45.6 Å². The second-order valence-corrected chi connectivity index (χ2v) is 5.36. The van der Waals surface area contributed by atoms with Crippen molar-refractivity contribution in [3.05, 3.63) is 0 Å². The van der Waals surface area contributed by atoms with Crippen LogP contribution in [0.25, 0.3) is 0 Å². The van der Waals surface area contributed by atoms with Gasteiger partial charge in [0.1, 0.15) is 0 Å². The molecule has 0 radical (unpaired) electrons. The lowest BCUT2D eigenvalue weighted by molar-refractivity contribution is 0.101. The van der Waals surface area contributed by atoms with Crippen LogP contribution >= 0.6 is 0 Å². The third-order valence-electron chi connectivity index (χ3n) is 3.94. The zero-order valence-corrected chi connectivity index (χ0v) is 10.7. The van der Waals surface area contributed by atoms with Crippen molar-refractivity contribution >= 4 is 0 Å². The van der Waals surface area contributed by atoms with Crippen LogP contribution < -0.4 is 5.32 Å². The lowest BCUT2D eigenvalue weighted by Crippen LogP contribution is -2.32. The summed E-state index contributed by atoms with van der Waals surface area (Å²) in [4.78, 5) is 2.57. The zero-order chi connectivity index (χ0) is 11.4. The Morgan fingerprint density at radius 2 is 2.19 bits per heavy atom. The Morgan fingerprint density at radius 3 is 2.81 bits per heavy atom. The van der Waals surface area contributed by atoms with E-state index in [0.29, 0.717) is 6.10 Å². The molecule has 1 saturated carbocycles. The highest BCUT2D eigenvalue weighted by Crippen LogP contribution is 2.19. The average molecular weight is 226 g/mol. The van der Waals surface area contributed by atoms with Crippen molar-refractivity contribution in [2.24, 2.45) is 0 Å². The highest BCUT2D eigenvalue weighted by atomic mass is 16.5. The minimum Gasteiger partial charge on any atom is -0.380 e. The monoisotopic (exact) mass is 226 g/mol. The lowest BCUT2D eigenvalue weighted by Gasteiger charge is -2.24. The molecule has 1 heterocycles. The predicted molar refractivity (Wildman–Crippen MR) is 66.7 cm³/mol. The van der Waals surface area contributed by atoms with E-state index in [4.69, 9.17) is 4.74 Å². The van der Waals surface area contributed by atoms with E-state index in [0.717, 1.165) is 18.6 Å². The van der Waals surface area contributed by atoms with E-state index < -0.39 is 0 Å². The van der Waals surface area contributed by atoms with Gasteiger partial charge in [-0.2, -0.15) is 0 Å². The second kappa shape index (κ2) is 5.99. The van der Waals surface area contributed by atoms with Crippen LogP contribution in [0.3, 0.4) is 0 Å². The highest BCUT2D eigenvalue weighted by molar-refractivity contribution is 4.82. The summed E-state index contributed by atoms with van der Waals surface area (Å²) >= 11 is 0. The molecule has 2 atom stereocenters. The van der Waals surface area contributed by atoms with Gasteiger partial charge >= 0.3 is 0 Å². The van der Waals surface area contributed by atoms with Gasteiger partial charge in [0.15, 0.2) is 0 Å². The van der Waals surface area contributed by atoms with Crippen molar-refractivity contribution in [3.8, 4) is 0 Å². The molecule has 2 unspecified atom stereocenters. The van der Waals surface area contributed by atoms with Crippen LogP contribution in [0, 0.1) is 0 Å². The molecular weight excluding hydrogens is 200 g/mol. The van der Waals surface area contributed by atoms with Gasteiger partial charge < -0.3 is 10.1 Å². The number of methoxy groups -OCH3 is 1. The van der Waals surface area contributed by atoms with E-state index in [1.807, 2.05) is 7.11 Å². The van der Waals surface area contributed by atoms with Crippen molar-refractivity contribution in [2.75, 3.05) is 26.7 Å². The number of nitrogens with zero attached hydrogens (tertiary/aromatic N) is 1. The number of rotatable bonds is 7. The van der Waals surface area contributed by atoms with E-state index >= 15 is 0 Å². The van der Waals surface area contributed by atoms with Gasteiger partial charge in [0.25, 0.3) is 0 Å². The van der Waals surface area contributed by atoms with Crippen LogP contribution in [-0.4, -0.2) is 49.8 Å². The molecule has 2 rings (SSSR count). The third kappa shape index (κ3) is 3.72. The zero-order valence-electron chi connectivity index (χ0n) is 10.7. The number of ether oxygens (including phenoxy) is 1. The van der Waals surface area contributed by atoms with Gasteiger partial charge in [-0.15, -0.1) is 0 Å². The summed E-state index contributed by atoms with van der Waals surface area (Å²) < 4.78 is 5.40. The lowest BCUT2D eigenvalue weighted by atomic mass is 10.1. The Bertz CT molecular complexity index is 206. The number of nitrogens with one attached hydrogen (secondary N) is 1. The predicted octanol–water partition coefficient (Wildman–Crippen LogP) is 1.63. The van der Waals surface area contributed by atoms with E-state index in [9.17, 15) is 0 Å². The molecule has 3 nitrogen and oxygen atoms in total. The molecule has 2 fully saturated rings. The van der Waals surface area contributed by atoms with Crippen LogP contribution in [-0.2, 0) is 4.74 Å². The van der Waals surface area contributed by atoms with Gasteiger partial charge in [0, 0.05) is 32.3 Å². The fourth-order valence-electron chi connectivity index (χ4n) is 2.52. The summed E-state index contributed by atoms with van der Waals surface area (Å²) in [5.41, 5.74) is 0. The molecule has 0 bridgehead atoms. The first-order chi connectivity index (χ1) is 7.79. The molecule has 1 N–H and O–H groups in total. The maximum Gasteiger partial charge on any atom is 0.0710 e. The van der Waals surface area contributed by atoms with Crippen LogP contribution in [0.1, 0.15) is 39.0 Å². The topological polar surface area (TPSA) is 24.5 Å². The standard InChI is InChI=1S/C13H26N2O/c1-11(4-3-8-14-12-5-6-12)15-9-7-13(10-15)16-2/h11-14H,3-10H2,1-2H3. The third-order valence-corrected chi connectivity index (χ3v) is 3.94. The van der Waals surface area contributed by atoms with Crippen LogP contribution in [0.2, 0.25) is 0 Å². The molecule has 0 spiro atoms. The van der Waals surface area contributed by atoms with E-state index in [2.05, 4.69) is 17.1 Å². The molecule has 16 heavy (non-hydrogen) atoms. The molecule has 0 aromatic heterocycles. The van der Waals surface area contributed by atoms with Gasteiger partial charge in [-0.25, -0.2) is 0 Å². The van der Waals surface area contributed by atoms with E-state index in [-0.39, 0.29) is 0 Å². The first-order valence-electron chi connectivity index (χ1n) is 6.80. The molecular formula is C13H26N2O. The second-order valence-electron chi connectivity index (χ2n) is 5.36. The van der Waals surface area contributed by atoms with Crippen molar-refractivity contribution in [1.82, 2.24) is 10.2 Å². The van der Waals surface area contributed by atoms with Gasteiger partial charge in [-0.1, -0.05) is 0 Å². The van der Waals surface area contributed by atoms with E-state index in [1.54, 1.807) is 0 Å². The maximum absolute atomic E-state index is 5.40. The molecule has 1 aliphatic heterocycles. The summed E-state index contributed by atoms with van der Waals surface area (Å²) in [5, 5.41) is 3.58. The summed E-state index contributed by atoms with van der Waals surface area (Å²) in [7, 11) is 1.83. The number of hydrogen-bond acceptors (Lipinski definition) is 3. The fourth-order valence-corrected chi connectivity index (χ4v) is 2.52. The number of likely N-dealkylation sites (tertiary alicyclic amines) is 1. The Balaban J connectivity index is 1.54. The van der Waals surface area contributed by atoms with E-state index in [1.165, 1.54) is 45.2 Å². The first-order valence-corrected chi connectivity index (χ1v) is 6.80. The van der Waals surface area contributed by atoms with Crippen molar-refractivity contribution in [2.45, 2.75) is 57.2 Å². The minimum atomic E-state index is 0.479. The summed E-state index contributed by atoms with van der Waals surface area (Å²) in [6.07, 6.45) is 7.12.